The molecule has 0 unspecified atom stereocenters. The van der Waals surface area contributed by atoms with E-state index in [0.717, 1.165) is 32.7 Å². The highest BCUT2D eigenvalue weighted by Crippen LogP contribution is 2.37. The first-order chi connectivity index (χ1) is 16.5. The Morgan fingerprint density at radius 1 is 0.486 bits per heavy atom. The molecule has 0 aliphatic rings. The van der Waals surface area contributed by atoms with Gasteiger partial charge in [0, 0.05) is 3.57 Å². The van der Waals surface area contributed by atoms with Crippen molar-refractivity contribution in [3.8, 4) is 11.5 Å². The summed E-state index contributed by atoms with van der Waals surface area (Å²) in [6.45, 7) is 0. The molecule has 4 aromatic carbocycles. The lowest BCUT2D eigenvalue weighted by Crippen LogP contribution is -2.09. The molecule has 0 radical (unpaired) electrons. The van der Waals surface area contributed by atoms with Crippen LogP contribution in [0, 0.1) is 3.57 Å². The molecule has 9 heteroatoms. The first kappa shape index (κ1) is 25.4. The van der Waals surface area contributed by atoms with Gasteiger partial charge < -0.3 is 4.74 Å². The molecule has 180 valence electrons. The Morgan fingerprint density at radius 2 is 0.800 bits per heavy atom. The van der Waals surface area contributed by atoms with Crippen molar-refractivity contribution in [2.45, 2.75) is 27.0 Å². The normalized spacial score (nSPS) is 12.1. The van der Waals surface area contributed by atoms with Crippen LogP contribution in [0.2, 0.25) is 0 Å². The first-order valence-electron chi connectivity index (χ1n) is 10.1. The van der Waals surface area contributed by atoms with E-state index in [4.69, 9.17) is 4.74 Å². The summed E-state index contributed by atoms with van der Waals surface area (Å²) in [6.07, 6.45) is -8.97. The summed E-state index contributed by atoms with van der Waals surface area (Å²) >= 11 is 2.18. The van der Waals surface area contributed by atoms with E-state index in [-0.39, 0.29) is 0 Å². The lowest BCUT2D eigenvalue weighted by molar-refractivity contribution is -0.138. The van der Waals surface area contributed by atoms with Crippen molar-refractivity contribution in [2.75, 3.05) is 0 Å². The fourth-order valence-corrected chi connectivity index (χ4v) is 5.65. The monoisotopic (exact) mass is 617 g/mol. The van der Waals surface area contributed by atoms with E-state index in [1.54, 1.807) is 24.3 Å². The minimum Gasteiger partial charge on any atom is -0.457 e. The van der Waals surface area contributed by atoms with Gasteiger partial charge in [0.25, 0.3) is 0 Å². The third kappa shape index (κ3) is 6.32. The molecule has 0 N–H and O–H groups in total. The van der Waals surface area contributed by atoms with Gasteiger partial charge in [-0.1, -0.05) is 0 Å². The van der Waals surface area contributed by atoms with Gasteiger partial charge in [-0.2, -0.15) is 26.3 Å². The standard InChI is InChI=1S/C26H16F6IOS/c27-25(28,29)17-1-11-22(12-2-17)35(23-13-3-18(4-14-23)26(30,31)32)24-15-9-21(10-16-24)34-20-7-5-19(33)6-8-20/h1-16H/q+1. The number of halogens is 7. The van der Waals surface area contributed by atoms with Crippen molar-refractivity contribution in [3.63, 3.8) is 0 Å². The molecule has 0 amide bonds. The van der Waals surface area contributed by atoms with Gasteiger partial charge in [-0.05, 0) is 120 Å². The van der Waals surface area contributed by atoms with Crippen LogP contribution in [0.15, 0.2) is 112 Å². The minimum atomic E-state index is -4.49. The number of rotatable bonds is 5. The molecule has 0 aliphatic carbocycles. The molecule has 4 rings (SSSR count). The minimum absolute atomic E-state index is 0.545. The number of hydrogen-bond acceptors (Lipinski definition) is 1. The van der Waals surface area contributed by atoms with Crippen LogP contribution >= 0.6 is 22.6 Å². The van der Waals surface area contributed by atoms with E-state index in [2.05, 4.69) is 22.6 Å². The summed E-state index contributed by atoms with van der Waals surface area (Å²) in [5, 5.41) is 0. The highest BCUT2D eigenvalue weighted by Gasteiger charge is 2.35. The predicted molar refractivity (Wildman–Crippen MR) is 131 cm³/mol. The Labute approximate surface area is 214 Å². The molecule has 0 atom stereocenters. The summed E-state index contributed by atoms with van der Waals surface area (Å²) in [7, 11) is -0.934. The summed E-state index contributed by atoms with van der Waals surface area (Å²) in [4.78, 5) is 1.81. The Morgan fingerprint density at radius 3 is 1.14 bits per heavy atom. The van der Waals surface area contributed by atoms with Crippen LogP contribution in [0.4, 0.5) is 26.3 Å². The smallest absolute Gasteiger partial charge is 0.416 e. The first-order valence-corrected chi connectivity index (χ1v) is 12.4. The summed E-state index contributed by atoms with van der Waals surface area (Å²) in [5.74, 6) is 1.20. The van der Waals surface area contributed by atoms with Crippen LogP contribution in [0.3, 0.4) is 0 Å². The summed E-state index contributed by atoms with van der Waals surface area (Å²) in [6, 6.07) is 23.8. The molecule has 1 nitrogen and oxygen atoms in total. The number of alkyl halides is 6. The topological polar surface area (TPSA) is 9.23 Å². The van der Waals surface area contributed by atoms with Crippen molar-refractivity contribution in [1.82, 2.24) is 0 Å². The molecular weight excluding hydrogens is 601 g/mol. The van der Waals surface area contributed by atoms with Crippen LogP contribution in [0.1, 0.15) is 11.1 Å². The zero-order chi connectivity index (χ0) is 25.2. The zero-order valence-electron chi connectivity index (χ0n) is 17.7. The highest BCUT2D eigenvalue weighted by atomic mass is 127. The molecule has 0 bridgehead atoms. The third-order valence-corrected chi connectivity index (χ3v) is 7.89. The van der Waals surface area contributed by atoms with Gasteiger partial charge in [0.05, 0.1) is 22.0 Å². The maximum absolute atomic E-state index is 13.0. The van der Waals surface area contributed by atoms with Crippen LogP contribution in [-0.4, -0.2) is 0 Å². The average Bonchev–Trinajstić information content (AvgIpc) is 2.81. The second-order valence-electron chi connectivity index (χ2n) is 7.38. The van der Waals surface area contributed by atoms with Gasteiger partial charge in [-0.3, -0.25) is 0 Å². The molecule has 4 aromatic rings. The van der Waals surface area contributed by atoms with Crippen LogP contribution < -0.4 is 4.74 Å². The second-order valence-corrected chi connectivity index (χ2v) is 10.7. The van der Waals surface area contributed by atoms with Gasteiger partial charge in [0.2, 0.25) is 0 Å². The molecular formula is C26H16F6IOS+. The van der Waals surface area contributed by atoms with Crippen LogP contribution in [0.5, 0.6) is 11.5 Å². The molecule has 0 aliphatic heterocycles. The van der Waals surface area contributed by atoms with E-state index < -0.39 is 34.4 Å². The summed E-state index contributed by atoms with van der Waals surface area (Å²) in [5.41, 5.74) is -1.59. The van der Waals surface area contributed by atoms with Gasteiger partial charge >= 0.3 is 12.4 Å². The lowest BCUT2D eigenvalue weighted by atomic mass is 10.2. The average molecular weight is 617 g/mol. The van der Waals surface area contributed by atoms with Gasteiger partial charge in [0.1, 0.15) is 11.5 Å². The lowest BCUT2D eigenvalue weighted by Gasteiger charge is -2.12. The molecule has 0 spiro atoms. The van der Waals surface area contributed by atoms with Crippen molar-refractivity contribution in [3.05, 3.63) is 112 Å². The van der Waals surface area contributed by atoms with E-state index in [9.17, 15) is 26.3 Å². The molecule has 0 saturated heterocycles. The van der Waals surface area contributed by atoms with E-state index in [1.165, 1.54) is 24.3 Å². The highest BCUT2D eigenvalue weighted by molar-refractivity contribution is 14.1. The number of hydrogen-bond donors (Lipinski definition) is 0. The quantitative estimate of drug-likeness (QED) is 0.123. The fourth-order valence-electron chi connectivity index (χ4n) is 3.25. The molecule has 0 aromatic heterocycles. The maximum Gasteiger partial charge on any atom is 0.416 e. The largest absolute Gasteiger partial charge is 0.457 e. The molecule has 0 fully saturated rings. The maximum atomic E-state index is 13.0. The third-order valence-electron chi connectivity index (χ3n) is 4.94. The molecule has 0 saturated carbocycles. The van der Waals surface area contributed by atoms with Crippen molar-refractivity contribution in [1.29, 1.82) is 0 Å². The van der Waals surface area contributed by atoms with E-state index in [1.807, 2.05) is 24.3 Å². The Balaban J connectivity index is 1.69. The van der Waals surface area contributed by atoms with Crippen LogP contribution in [0.25, 0.3) is 0 Å². The molecule has 0 heterocycles. The molecule has 35 heavy (non-hydrogen) atoms. The predicted octanol–water partition coefficient (Wildman–Crippen LogP) is 9.22. The van der Waals surface area contributed by atoms with Crippen LogP contribution in [-0.2, 0) is 23.2 Å². The van der Waals surface area contributed by atoms with Gasteiger partial charge in [-0.25, -0.2) is 0 Å². The van der Waals surface area contributed by atoms with Crippen molar-refractivity contribution in [2.24, 2.45) is 0 Å². The number of benzene rings is 4. The van der Waals surface area contributed by atoms with Crippen molar-refractivity contribution >= 4 is 33.5 Å². The van der Waals surface area contributed by atoms with Gasteiger partial charge in [0.15, 0.2) is 14.7 Å². The SMILES string of the molecule is FC(F)(F)c1ccc([S+](c2ccc(Oc3ccc(I)cc3)cc2)c2ccc(C(F)(F)F)cc2)cc1. The second kappa shape index (κ2) is 10.1. The van der Waals surface area contributed by atoms with E-state index >= 15 is 0 Å². The Hall–Kier alpha value is -2.66. The Kier molecular flexibility index (Phi) is 7.37. The fraction of sp³-hybridized carbons (Fsp3) is 0.0769. The Bertz CT molecular complexity index is 1210. The summed E-state index contributed by atoms with van der Waals surface area (Å²) < 4.78 is 85.2. The van der Waals surface area contributed by atoms with Gasteiger partial charge in [-0.15, -0.1) is 0 Å². The number of ether oxygens (including phenoxy) is 1. The van der Waals surface area contributed by atoms with Crippen molar-refractivity contribution < 1.29 is 31.1 Å². The van der Waals surface area contributed by atoms with E-state index in [0.29, 0.717) is 21.3 Å². The zero-order valence-corrected chi connectivity index (χ0v) is 20.7.